The summed E-state index contributed by atoms with van der Waals surface area (Å²) in [6.07, 6.45) is 5.07. The summed E-state index contributed by atoms with van der Waals surface area (Å²) >= 11 is 4.99. The van der Waals surface area contributed by atoms with E-state index >= 15 is 0 Å². The predicted molar refractivity (Wildman–Crippen MR) is 147 cm³/mol. The molecule has 1 unspecified atom stereocenters. The lowest BCUT2D eigenvalue weighted by Gasteiger charge is -2.30. The summed E-state index contributed by atoms with van der Waals surface area (Å²) in [7, 11) is 0. The standard InChI is InChI=1S/C27H31BrN4O4S/c1-3-16(2)23(27(35)36)30-25(33)17-8-7-9-18(14-17)29-26(34)20-15-32(19-10-5-4-6-11-19)31-24(20)21-12-13-22(28)37-21/h4-6,10-13,15-18,23H,3,7-9,14H2,1-2H3,(H,29,34)(H,30,33)(H,35,36)/t16?,17-,18+,23-/m1/s1. The molecule has 4 rings (SSSR count). The summed E-state index contributed by atoms with van der Waals surface area (Å²) < 4.78 is 2.65. The van der Waals surface area contributed by atoms with Gasteiger partial charge in [0.15, 0.2) is 0 Å². The van der Waals surface area contributed by atoms with E-state index in [4.69, 9.17) is 5.10 Å². The molecular weight excluding hydrogens is 556 g/mol. The highest BCUT2D eigenvalue weighted by Crippen LogP contribution is 2.33. The van der Waals surface area contributed by atoms with Gasteiger partial charge in [0.05, 0.1) is 19.9 Å². The number of carboxylic acid groups (broad SMARTS) is 1. The van der Waals surface area contributed by atoms with Crippen LogP contribution in [0.25, 0.3) is 16.3 Å². The minimum absolute atomic E-state index is 0.169. The number of aromatic nitrogens is 2. The average molecular weight is 588 g/mol. The van der Waals surface area contributed by atoms with Crippen molar-refractivity contribution >= 4 is 45.1 Å². The van der Waals surface area contributed by atoms with Crippen molar-refractivity contribution in [1.82, 2.24) is 20.4 Å². The number of nitrogens with zero attached hydrogens (tertiary/aromatic N) is 2. The molecule has 2 amide bonds. The second kappa shape index (κ2) is 12.0. The van der Waals surface area contributed by atoms with E-state index < -0.39 is 12.0 Å². The Hall–Kier alpha value is -2.98. The van der Waals surface area contributed by atoms with Crippen LogP contribution in [0.4, 0.5) is 0 Å². The molecule has 3 N–H and O–H groups in total. The Balaban J connectivity index is 1.50. The maximum Gasteiger partial charge on any atom is 0.326 e. The van der Waals surface area contributed by atoms with Crippen LogP contribution in [0.2, 0.25) is 0 Å². The second-order valence-corrected chi connectivity index (χ2v) is 12.0. The number of carboxylic acids is 1. The maximum absolute atomic E-state index is 13.5. The quantitative estimate of drug-likeness (QED) is 0.316. The van der Waals surface area contributed by atoms with Gasteiger partial charge in [-0.15, -0.1) is 11.3 Å². The molecule has 1 aliphatic rings. The third-order valence-electron chi connectivity index (χ3n) is 6.94. The first-order valence-electron chi connectivity index (χ1n) is 12.5. The number of carbonyl (C=O) groups excluding carboxylic acids is 2. The van der Waals surface area contributed by atoms with Crippen molar-refractivity contribution in [2.24, 2.45) is 11.8 Å². The molecule has 2 heterocycles. The van der Waals surface area contributed by atoms with Gasteiger partial charge in [-0.25, -0.2) is 9.48 Å². The highest BCUT2D eigenvalue weighted by molar-refractivity contribution is 9.11. The van der Waals surface area contributed by atoms with Crippen molar-refractivity contribution in [3.8, 4) is 16.3 Å². The van der Waals surface area contributed by atoms with Crippen molar-refractivity contribution in [3.63, 3.8) is 0 Å². The van der Waals surface area contributed by atoms with Gasteiger partial charge in [0.1, 0.15) is 11.7 Å². The van der Waals surface area contributed by atoms with Crippen LogP contribution < -0.4 is 10.6 Å². The summed E-state index contributed by atoms with van der Waals surface area (Å²) in [5.74, 6) is -2.03. The lowest BCUT2D eigenvalue weighted by Crippen LogP contribution is -2.49. The van der Waals surface area contributed by atoms with Gasteiger partial charge < -0.3 is 15.7 Å². The van der Waals surface area contributed by atoms with Crippen LogP contribution in [0.15, 0.2) is 52.4 Å². The number of rotatable bonds is 9. The summed E-state index contributed by atoms with van der Waals surface area (Å²) in [6, 6.07) is 12.4. The highest BCUT2D eigenvalue weighted by Gasteiger charge is 2.33. The van der Waals surface area contributed by atoms with Gasteiger partial charge in [-0.2, -0.15) is 5.10 Å². The van der Waals surface area contributed by atoms with Gasteiger partial charge in [0.25, 0.3) is 5.91 Å². The van der Waals surface area contributed by atoms with E-state index in [1.54, 1.807) is 10.9 Å². The van der Waals surface area contributed by atoms with Crippen LogP contribution in [0.3, 0.4) is 0 Å². The number of carbonyl (C=O) groups is 3. The van der Waals surface area contributed by atoms with E-state index in [2.05, 4.69) is 26.6 Å². The SMILES string of the molecule is CCC(C)[C@@H](NC(=O)[C@@H]1CCC[C@H](NC(=O)c2cn(-c3ccccc3)nc2-c2ccc(Br)s2)C1)C(=O)O. The van der Waals surface area contributed by atoms with E-state index in [1.165, 1.54) is 11.3 Å². The number of nitrogens with one attached hydrogen (secondary N) is 2. The molecule has 1 aromatic carbocycles. The van der Waals surface area contributed by atoms with E-state index in [1.807, 2.05) is 56.3 Å². The van der Waals surface area contributed by atoms with Gasteiger partial charge in [-0.05, 0) is 65.4 Å². The molecule has 8 nitrogen and oxygen atoms in total. The van der Waals surface area contributed by atoms with Crippen LogP contribution >= 0.6 is 27.3 Å². The van der Waals surface area contributed by atoms with Gasteiger partial charge in [-0.3, -0.25) is 9.59 Å². The molecule has 0 bridgehead atoms. The van der Waals surface area contributed by atoms with Crippen molar-refractivity contribution in [1.29, 1.82) is 0 Å². The van der Waals surface area contributed by atoms with Crippen LogP contribution in [-0.4, -0.2) is 44.8 Å². The van der Waals surface area contributed by atoms with Crippen LogP contribution in [0, 0.1) is 11.8 Å². The minimum Gasteiger partial charge on any atom is -0.480 e. The normalized spacial score (nSPS) is 19.1. The molecule has 4 atom stereocenters. The number of para-hydroxylation sites is 1. The van der Waals surface area contributed by atoms with E-state index in [0.29, 0.717) is 30.5 Å². The molecule has 1 fully saturated rings. The van der Waals surface area contributed by atoms with E-state index in [-0.39, 0.29) is 29.7 Å². The number of aliphatic carboxylic acids is 1. The molecule has 2 aromatic heterocycles. The van der Waals surface area contributed by atoms with Crippen molar-refractivity contribution < 1.29 is 19.5 Å². The first-order valence-corrected chi connectivity index (χ1v) is 14.1. The number of hydrogen-bond donors (Lipinski definition) is 3. The number of thiophene rings is 1. The number of halogens is 1. The number of benzene rings is 1. The highest BCUT2D eigenvalue weighted by atomic mass is 79.9. The predicted octanol–water partition coefficient (Wildman–Crippen LogP) is 5.27. The molecule has 0 aliphatic heterocycles. The molecule has 3 aromatic rings. The monoisotopic (exact) mass is 586 g/mol. The summed E-state index contributed by atoms with van der Waals surface area (Å²) in [5, 5.41) is 20.1. The Morgan fingerprint density at radius 1 is 1.19 bits per heavy atom. The van der Waals surface area contributed by atoms with Crippen molar-refractivity contribution in [3.05, 3.63) is 58.0 Å². The van der Waals surface area contributed by atoms with Gasteiger partial charge in [-0.1, -0.05) is 44.9 Å². The smallest absolute Gasteiger partial charge is 0.326 e. The topological polar surface area (TPSA) is 113 Å². The van der Waals surface area contributed by atoms with Gasteiger partial charge in [0.2, 0.25) is 5.91 Å². The minimum atomic E-state index is -1.02. The summed E-state index contributed by atoms with van der Waals surface area (Å²) in [6.45, 7) is 3.73. The summed E-state index contributed by atoms with van der Waals surface area (Å²) in [5.41, 5.74) is 1.91. The molecule has 1 aliphatic carbocycles. The molecule has 0 radical (unpaired) electrons. The zero-order valence-corrected chi connectivity index (χ0v) is 23.2. The largest absolute Gasteiger partial charge is 0.480 e. The average Bonchev–Trinajstić information content (AvgIpc) is 3.54. The Bertz CT molecular complexity index is 1260. The van der Waals surface area contributed by atoms with Gasteiger partial charge >= 0.3 is 5.97 Å². The fourth-order valence-corrected chi connectivity index (χ4v) is 6.04. The van der Waals surface area contributed by atoms with Crippen LogP contribution in [-0.2, 0) is 9.59 Å². The maximum atomic E-state index is 13.5. The Morgan fingerprint density at radius 2 is 1.95 bits per heavy atom. The lowest BCUT2D eigenvalue weighted by atomic mass is 9.84. The molecule has 0 saturated heterocycles. The Kier molecular flexibility index (Phi) is 8.81. The first kappa shape index (κ1) is 27.1. The Labute approximate surface area is 228 Å². The number of hydrogen-bond acceptors (Lipinski definition) is 5. The molecular formula is C27H31BrN4O4S. The van der Waals surface area contributed by atoms with Crippen molar-refractivity contribution in [2.75, 3.05) is 0 Å². The van der Waals surface area contributed by atoms with E-state index in [0.717, 1.165) is 27.2 Å². The fraction of sp³-hybridized carbons (Fsp3) is 0.407. The zero-order valence-electron chi connectivity index (χ0n) is 20.8. The lowest BCUT2D eigenvalue weighted by molar-refractivity contribution is -0.144. The van der Waals surface area contributed by atoms with Crippen LogP contribution in [0.1, 0.15) is 56.3 Å². The molecule has 10 heteroatoms. The number of amides is 2. The summed E-state index contributed by atoms with van der Waals surface area (Å²) in [4.78, 5) is 38.9. The van der Waals surface area contributed by atoms with Crippen LogP contribution in [0.5, 0.6) is 0 Å². The molecule has 1 saturated carbocycles. The zero-order chi connectivity index (χ0) is 26.5. The fourth-order valence-electron chi connectivity index (χ4n) is 4.65. The van der Waals surface area contributed by atoms with Crippen molar-refractivity contribution in [2.45, 2.75) is 58.0 Å². The van der Waals surface area contributed by atoms with E-state index in [9.17, 15) is 19.5 Å². The van der Waals surface area contributed by atoms with Gasteiger partial charge in [0, 0.05) is 18.2 Å². The Morgan fingerprint density at radius 3 is 2.59 bits per heavy atom. The molecule has 0 spiro atoms. The molecule has 196 valence electrons. The first-order chi connectivity index (χ1) is 17.8. The molecule has 37 heavy (non-hydrogen) atoms. The second-order valence-electron chi connectivity index (χ2n) is 9.52. The third-order valence-corrected chi connectivity index (χ3v) is 8.57. The third kappa shape index (κ3) is 6.48.